The maximum Gasteiger partial charge on any atom is 0.302 e. The maximum absolute atomic E-state index is 12.5. The maximum atomic E-state index is 12.5. The van der Waals surface area contributed by atoms with E-state index in [1.54, 1.807) is 13.1 Å². The topological polar surface area (TPSA) is 62.7 Å². The summed E-state index contributed by atoms with van der Waals surface area (Å²) in [4.78, 5) is 31.9. The number of esters is 1. The molecular weight excluding hydrogens is 390 g/mol. The molecule has 0 aliphatic rings. The van der Waals surface area contributed by atoms with E-state index < -0.39 is 0 Å². The molecule has 1 aromatic carbocycles. The minimum atomic E-state index is -0.252. The molecule has 29 heavy (non-hydrogen) atoms. The number of anilines is 1. The van der Waals surface area contributed by atoms with Crippen molar-refractivity contribution >= 4 is 40.1 Å². The van der Waals surface area contributed by atoms with Crippen molar-refractivity contribution in [3.05, 3.63) is 35.5 Å². The van der Waals surface area contributed by atoms with Crippen LogP contribution < -0.4 is 4.90 Å². The van der Waals surface area contributed by atoms with E-state index >= 15 is 0 Å². The van der Waals surface area contributed by atoms with E-state index in [1.807, 2.05) is 29.2 Å². The molecule has 0 aliphatic carbocycles. The van der Waals surface area contributed by atoms with Gasteiger partial charge in [0.2, 0.25) is 5.91 Å². The van der Waals surface area contributed by atoms with Gasteiger partial charge in [0.15, 0.2) is 0 Å². The fourth-order valence-corrected chi connectivity index (χ4v) is 3.69. The van der Waals surface area contributed by atoms with Gasteiger partial charge in [0, 0.05) is 43.0 Å². The second-order valence-corrected chi connectivity index (χ2v) is 7.58. The molecular formula is C22H30ClN3O3. The Morgan fingerprint density at radius 2 is 1.97 bits per heavy atom. The monoisotopic (exact) mass is 419 g/mol. The number of amides is 1. The summed E-state index contributed by atoms with van der Waals surface area (Å²) in [7, 11) is 0. The predicted octanol–water partition coefficient (Wildman–Crippen LogP) is 4.29. The molecule has 158 valence electrons. The zero-order valence-electron chi connectivity index (χ0n) is 17.7. The van der Waals surface area contributed by atoms with Gasteiger partial charge in [-0.3, -0.25) is 14.6 Å². The van der Waals surface area contributed by atoms with Crippen molar-refractivity contribution in [2.45, 2.75) is 46.6 Å². The third-order valence-corrected chi connectivity index (χ3v) is 5.21. The van der Waals surface area contributed by atoms with Gasteiger partial charge in [0.05, 0.1) is 11.2 Å². The van der Waals surface area contributed by atoms with Crippen molar-refractivity contribution in [3.63, 3.8) is 0 Å². The summed E-state index contributed by atoms with van der Waals surface area (Å²) < 4.78 is 5.03. The molecule has 0 spiro atoms. The Balaban J connectivity index is 2.04. The Bertz CT molecular complexity index is 843. The van der Waals surface area contributed by atoms with Crippen LogP contribution in [-0.4, -0.2) is 54.0 Å². The number of benzene rings is 1. The summed E-state index contributed by atoms with van der Waals surface area (Å²) >= 11 is 6.09. The van der Waals surface area contributed by atoms with Gasteiger partial charge in [-0.1, -0.05) is 18.5 Å². The lowest BCUT2D eigenvalue weighted by molar-refractivity contribution is -0.141. The number of hydrogen-bond donors (Lipinski definition) is 0. The lowest BCUT2D eigenvalue weighted by atomic mass is 10.1. The molecule has 2 rings (SSSR count). The first-order valence-corrected chi connectivity index (χ1v) is 10.4. The van der Waals surface area contributed by atoms with Gasteiger partial charge in [-0.2, -0.15) is 0 Å². The number of hydrogen-bond acceptors (Lipinski definition) is 5. The molecule has 6 nitrogen and oxygen atoms in total. The highest BCUT2D eigenvalue weighted by Gasteiger charge is 2.21. The van der Waals surface area contributed by atoms with E-state index in [-0.39, 0.29) is 17.9 Å². The van der Waals surface area contributed by atoms with Crippen LogP contribution in [0.15, 0.2) is 30.5 Å². The molecule has 1 heterocycles. The van der Waals surface area contributed by atoms with Crippen molar-refractivity contribution in [2.24, 2.45) is 0 Å². The van der Waals surface area contributed by atoms with E-state index in [0.29, 0.717) is 11.6 Å². The van der Waals surface area contributed by atoms with Gasteiger partial charge in [0.25, 0.3) is 0 Å². The average molecular weight is 420 g/mol. The van der Waals surface area contributed by atoms with Crippen LogP contribution in [0, 0.1) is 0 Å². The molecule has 1 aromatic heterocycles. The highest BCUT2D eigenvalue weighted by Crippen LogP contribution is 2.29. The first-order valence-electron chi connectivity index (χ1n) is 10.0. The largest absolute Gasteiger partial charge is 0.465 e. The molecule has 7 heteroatoms. The fourth-order valence-electron chi connectivity index (χ4n) is 3.52. The Morgan fingerprint density at radius 3 is 2.62 bits per heavy atom. The number of rotatable bonds is 10. The smallest absolute Gasteiger partial charge is 0.302 e. The van der Waals surface area contributed by atoms with Crippen molar-refractivity contribution < 1.29 is 14.3 Å². The van der Waals surface area contributed by atoms with Crippen molar-refractivity contribution in [3.8, 4) is 0 Å². The summed E-state index contributed by atoms with van der Waals surface area (Å²) in [5.41, 5.74) is 1.63. The van der Waals surface area contributed by atoms with Crippen LogP contribution in [0.5, 0.6) is 0 Å². The Labute approximate surface area is 177 Å². The minimum absolute atomic E-state index is 0.00200. The third-order valence-electron chi connectivity index (χ3n) is 4.98. The van der Waals surface area contributed by atoms with Crippen LogP contribution in [0.1, 0.15) is 40.5 Å². The molecule has 0 saturated carbocycles. The number of carbonyl (C=O) groups excluding carboxylic acids is 2. The van der Waals surface area contributed by atoms with Gasteiger partial charge >= 0.3 is 5.97 Å². The predicted molar refractivity (Wildman–Crippen MR) is 117 cm³/mol. The number of nitrogens with zero attached hydrogens (tertiary/aromatic N) is 3. The summed E-state index contributed by atoms with van der Waals surface area (Å²) in [6.45, 7) is 10.1. The zero-order chi connectivity index (χ0) is 21.4. The Morgan fingerprint density at radius 1 is 1.21 bits per heavy atom. The second kappa shape index (κ2) is 11.1. The van der Waals surface area contributed by atoms with Crippen molar-refractivity contribution in [1.29, 1.82) is 0 Å². The molecule has 1 amide bonds. The highest BCUT2D eigenvalue weighted by molar-refractivity contribution is 6.31. The van der Waals surface area contributed by atoms with Crippen LogP contribution in [0.25, 0.3) is 10.9 Å². The van der Waals surface area contributed by atoms with Crippen LogP contribution >= 0.6 is 11.6 Å². The van der Waals surface area contributed by atoms with Gasteiger partial charge in [-0.05, 0) is 57.1 Å². The van der Waals surface area contributed by atoms with E-state index in [1.165, 1.54) is 6.92 Å². The van der Waals surface area contributed by atoms with E-state index in [9.17, 15) is 9.59 Å². The first-order chi connectivity index (χ1) is 13.8. The Hall–Kier alpha value is -2.18. The van der Waals surface area contributed by atoms with Gasteiger partial charge in [-0.15, -0.1) is 0 Å². The summed E-state index contributed by atoms with van der Waals surface area (Å²) in [6, 6.07) is 7.47. The lowest BCUT2D eigenvalue weighted by Gasteiger charge is -2.30. The number of halogens is 1. The molecule has 0 aliphatic heterocycles. The first kappa shape index (κ1) is 23.1. The summed E-state index contributed by atoms with van der Waals surface area (Å²) in [5.74, 6) is -0.250. The van der Waals surface area contributed by atoms with Gasteiger partial charge in [-0.25, -0.2) is 0 Å². The second-order valence-electron chi connectivity index (χ2n) is 7.15. The number of aromatic nitrogens is 1. The quantitative estimate of drug-likeness (QED) is 0.537. The molecule has 0 radical (unpaired) electrons. The molecule has 1 atom stereocenters. The molecule has 1 unspecified atom stereocenters. The third kappa shape index (κ3) is 6.68. The molecule has 2 aromatic rings. The zero-order valence-corrected chi connectivity index (χ0v) is 18.4. The molecule has 0 fully saturated rings. The minimum Gasteiger partial charge on any atom is -0.465 e. The molecule has 0 saturated heterocycles. The fraction of sp³-hybridized carbons (Fsp3) is 0.500. The van der Waals surface area contributed by atoms with Gasteiger partial charge in [0.1, 0.15) is 6.61 Å². The van der Waals surface area contributed by atoms with Gasteiger partial charge < -0.3 is 14.5 Å². The van der Waals surface area contributed by atoms with Crippen LogP contribution in [0.3, 0.4) is 0 Å². The van der Waals surface area contributed by atoms with E-state index in [0.717, 1.165) is 49.1 Å². The normalized spacial score (nSPS) is 12.2. The van der Waals surface area contributed by atoms with Crippen molar-refractivity contribution in [2.75, 3.05) is 31.1 Å². The number of carbonyl (C=O) groups is 2. The summed E-state index contributed by atoms with van der Waals surface area (Å²) in [6.07, 6.45) is 3.51. The number of ether oxygens (including phenoxy) is 1. The number of fused-ring (bicyclic) bond motifs is 1. The Kier molecular flexibility index (Phi) is 8.86. The lowest BCUT2D eigenvalue weighted by Crippen LogP contribution is -2.38. The number of pyridine rings is 1. The summed E-state index contributed by atoms with van der Waals surface area (Å²) in [5, 5.41) is 1.54. The van der Waals surface area contributed by atoms with Crippen LogP contribution in [0.2, 0.25) is 5.02 Å². The van der Waals surface area contributed by atoms with Crippen LogP contribution in [-0.2, 0) is 14.3 Å². The highest BCUT2D eigenvalue weighted by atomic mass is 35.5. The van der Waals surface area contributed by atoms with Crippen LogP contribution in [0.4, 0.5) is 5.69 Å². The standard InChI is InChI=1S/C22H30ClN3O3/c1-5-25(13-14-29-18(4)28)12-6-7-16(2)26(17(3)27)22-10-11-24-21-15-19(23)8-9-20(21)22/h8-11,15-16H,5-7,12-14H2,1-4H3. The van der Waals surface area contributed by atoms with Crippen molar-refractivity contribution in [1.82, 2.24) is 9.88 Å². The van der Waals surface area contributed by atoms with E-state index in [4.69, 9.17) is 16.3 Å². The molecule has 0 N–H and O–H groups in total. The SMILES string of the molecule is CCN(CCCC(C)N(C(C)=O)c1ccnc2cc(Cl)ccc12)CCOC(C)=O. The number of likely N-dealkylation sites (N-methyl/N-ethyl adjacent to an activating group) is 1. The molecule has 0 bridgehead atoms. The van der Waals surface area contributed by atoms with E-state index in [2.05, 4.69) is 23.7 Å². The average Bonchev–Trinajstić information content (AvgIpc) is 2.66.